The molecular weight excluding hydrogens is 401 g/mol. The van der Waals surface area contributed by atoms with Gasteiger partial charge in [-0.25, -0.2) is 9.37 Å². The van der Waals surface area contributed by atoms with Crippen LogP contribution in [0.15, 0.2) is 78.9 Å². The highest BCUT2D eigenvalue weighted by Gasteiger charge is 2.24. The minimum Gasteiger partial charge on any atom is -0.368 e. The molecule has 1 aliphatic heterocycles. The number of halogens is 1. The lowest BCUT2D eigenvalue weighted by molar-refractivity contribution is 0.0748. The second kappa shape index (κ2) is 8.42. The molecule has 0 radical (unpaired) electrons. The number of anilines is 1. The highest BCUT2D eigenvalue weighted by molar-refractivity contribution is 6.07. The Bertz CT molecular complexity index is 1280. The molecule has 3 aromatic carbocycles. The summed E-state index contributed by atoms with van der Waals surface area (Å²) in [5.74, 6) is -0.214. The average Bonchev–Trinajstić information content (AvgIpc) is 2.84. The van der Waals surface area contributed by atoms with Crippen molar-refractivity contribution in [3.63, 3.8) is 0 Å². The summed E-state index contributed by atoms with van der Waals surface area (Å²) in [6, 6.07) is 24.4. The number of pyridine rings is 1. The van der Waals surface area contributed by atoms with Crippen LogP contribution in [0.5, 0.6) is 0 Å². The Hall–Kier alpha value is -3.73. The van der Waals surface area contributed by atoms with Gasteiger partial charge in [-0.3, -0.25) is 4.79 Å². The van der Waals surface area contributed by atoms with E-state index in [-0.39, 0.29) is 11.7 Å². The second-order valence-electron chi connectivity index (χ2n) is 8.14. The molecule has 1 aliphatic rings. The molecule has 1 fully saturated rings. The van der Waals surface area contributed by atoms with E-state index in [9.17, 15) is 9.18 Å². The van der Waals surface area contributed by atoms with Crippen LogP contribution < -0.4 is 4.90 Å². The van der Waals surface area contributed by atoms with Crippen molar-refractivity contribution in [1.82, 2.24) is 9.88 Å². The lowest BCUT2D eigenvalue weighted by Crippen LogP contribution is -2.48. The van der Waals surface area contributed by atoms with Gasteiger partial charge in [-0.1, -0.05) is 42.5 Å². The lowest BCUT2D eigenvalue weighted by atomic mass is 10.00. The molecule has 5 heteroatoms. The van der Waals surface area contributed by atoms with Crippen molar-refractivity contribution < 1.29 is 9.18 Å². The molecule has 4 nitrogen and oxygen atoms in total. The third-order valence-corrected chi connectivity index (χ3v) is 6.13. The van der Waals surface area contributed by atoms with Crippen molar-refractivity contribution in [2.24, 2.45) is 0 Å². The van der Waals surface area contributed by atoms with Gasteiger partial charge in [-0.15, -0.1) is 0 Å². The van der Waals surface area contributed by atoms with Gasteiger partial charge in [0.1, 0.15) is 5.82 Å². The summed E-state index contributed by atoms with van der Waals surface area (Å²) in [7, 11) is 0. The maximum absolute atomic E-state index is 13.6. The fourth-order valence-electron chi connectivity index (χ4n) is 4.34. The first-order chi connectivity index (χ1) is 15.6. The number of amides is 1. The lowest BCUT2D eigenvalue weighted by Gasteiger charge is -2.36. The molecule has 4 aromatic rings. The first-order valence-electron chi connectivity index (χ1n) is 10.9. The summed E-state index contributed by atoms with van der Waals surface area (Å²) in [6.45, 7) is 4.72. The van der Waals surface area contributed by atoms with Crippen LogP contribution in [0.3, 0.4) is 0 Å². The molecule has 1 saturated heterocycles. The minimum absolute atomic E-state index is 0.0252. The summed E-state index contributed by atoms with van der Waals surface area (Å²) >= 11 is 0. The van der Waals surface area contributed by atoms with Gasteiger partial charge >= 0.3 is 0 Å². The van der Waals surface area contributed by atoms with E-state index in [1.807, 2.05) is 53.4 Å². The fraction of sp³-hybridized carbons (Fsp3) is 0.185. The number of nitrogens with zero attached hydrogens (tertiary/aromatic N) is 3. The molecule has 5 rings (SSSR count). The first kappa shape index (κ1) is 20.2. The zero-order chi connectivity index (χ0) is 22.1. The van der Waals surface area contributed by atoms with Gasteiger partial charge in [0.2, 0.25) is 0 Å². The molecule has 160 valence electrons. The molecule has 1 amide bonds. The number of hydrogen-bond donors (Lipinski definition) is 0. The van der Waals surface area contributed by atoms with Gasteiger partial charge in [0.05, 0.1) is 16.8 Å². The summed E-state index contributed by atoms with van der Waals surface area (Å²) in [4.78, 5) is 22.5. The molecule has 0 aliphatic carbocycles. The summed E-state index contributed by atoms with van der Waals surface area (Å²) < 4.78 is 13.2. The molecule has 0 atom stereocenters. The number of carbonyl (C=O) groups is 1. The normalized spacial score (nSPS) is 14.1. The number of aryl methyl sites for hydroxylation is 1. The average molecular weight is 426 g/mol. The van der Waals surface area contributed by atoms with E-state index in [0.717, 1.165) is 33.4 Å². The van der Waals surface area contributed by atoms with E-state index in [1.165, 1.54) is 12.1 Å². The Labute approximate surface area is 186 Å². The zero-order valence-corrected chi connectivity index (χ0v) is 18.0. The molecular formula is C27H24FN3O. The largest absolute Gasteiger partial charge is 0.368 e. The van der Waals surface area contributed by atoms with E-state index < -0.39 is 0 Å². The minimum atomic E-state index is -0.239. The summed E-state index contributed by atoms with van der Waals surface area (Å²) in [6.07, 6.45) is 0. The zero-order valence-electron chi connectivity index (χ0n) is 18.0. The quantitative estimate of drug-likeness (QED) is 0.446. The predicted molar refractivity (Wildman–Crippen MR) is 126 cm³/mol. The maximum atomic E-state index is 13.6. The van der Waals surface area contributed by atoms with Gasteiger partial charge in [-0.2, -0.15) is 0 Å². The third kappa shape index (κ3) is 3.82. The molecule has 0 unspecified atom stereocenters. The number of carbonyl (C=O) groups excluding carboxylic acids is 1. The van der Waals surface area contributed by atoms with E-state index in [0.29, 0.717) is 31.7 Å². The first-order valence-corrected chi connectivity index (χ1v) is 10.9. The predicted octanol–water partition coefficient (Wildman–Crippen LogP) is 5.31. The van der Waals surface area contributed by atoms with Crippen LogP contribution in [-0.4, -0.2) is 42.0 Å². The Kier molecular flexibility index (Phi) is 5.31. The van der Waals surface area contributed by atoms with Crippen LogP contribution in [0.1, 0.15) is 15.9 Å². The molecule has 0 spiro atoms. The van der Waals surface area contributed by atoms with Crippen LogP contribution in [-0.2, 0) is 0 Å². The van der Waals surface area contributed by atoms with Gasteiger partial charge in [0.25, 0.3) is 5.91 Å². The van der Waals surface area contributed by atoms with Crippen molar-refractivity contribution in [2.75, 3.05) is 31.1 Å². The molecule has 0 bridgehead atoms. The van der Waals surface area contributed by atoms with Gasteiger partial charge in [0.15, 0.2) is 0 Å². The van der Waals surface area contributed by atoms with Crippen LogP contribution in [0, 0.1) is 12.7 Å². The fourth-order valence-corrected chi connectivity index (χ4v) is 4.34. The van der Waals surface area contributed by atoms with E-state index in [4.69, 9.17) is 4.98 Å². The molecule has 2 heterocycles. The smallest absolute Gasteiger partial charge is 0.254 e. The van der Waals surface area contributed by atoms with Crippen LogP contribution >= 0.6 is 0 Å². The maximum Gasteiger partial charge on any atom is 0.254 e. The van der Waals surface area contributed by atoms with Crippen LogP contribution in [0.25, 0.3) is 22.2 Å². The van der Waals surface area contributed by atoms with E-state index in [2.05, 4.69) is 17.9 Å². The Balaban J connectivity index is 1.44. The Morgan fingerprint density at radius 1 is 0.875 bits per heavy atom. The van der Waals surface area contributed by atoms with Crippen molar-refractivity contribution in [3.05, 3.63) is 95.8 Å². The van der Waals surface area contributed by atoms with Crippen LogP contribution in [0.4, 0.5) is 10.1 Å². The summed E-state index contributed by atoms with van der Waals surface area (Å²) in [5, 5.41) is 0.871. The van der Waals surface area contributed by atoms with Crippen molar-refractivity contribution in [2.45, 2.75) is 6.92 Å². The third-order valence-electron chi connectivity index (χ3n) is 6.13. The van der Waals surface area contributed by atoms with Crippen molar-refractivity contribution >= 4 is 22.5 Å². The number of para-hydroxylation sites is 1. The van der Waals surface area contributed by atoms with Crippen molar-refractivity contribution in [1.29, 1.82) is 0 Å². The van der Waals surface area contributed by atoms with Crippen LogP contribution in [0.2, 0.25) is 0 Å². The van der Waals surface area contributed by atoms with E-state index >= 15 is 0 Å². The highest BCUT2D eigenvalue weighted by Crippen LogP contribution is 2.28. The highest BCUT2D eigenvalue weighted by atomic mass is 19.1. The Morgan fingerprint density at radius 2 is 1.56 bits per heavy atom. The number of rotatable bonds is 3. The van der Waals surface area contributed by atoms with E-state index in [1.54, 1.807) is 12.1 Å². The number of piperazine rings is 1. The number of hydrogen-bond acceptors (Lipinski definition) is 3. The van der Waals surface area contributed by atoms with Gasteiger partial charge in [0, 0.05) is 42.8 Å². The molecule has 0 saturated carbocycles. The second-order valence-corrected chi connectivity index (χ2v) is 8.14. The SMILES string of the molecule is Cc1ccccc1-c1cc(C(=O)N2CCN(c3ccc(F)cc3)CC2)c2ccccc2n1. The molecule has 32 heavy (non-hydrogen) atoms. The van der Waals surface area contributed by atoms with Gasteiger partial charge < -0.3 is 9.80 Å². The monoisotopic (exact) mass is 425 g/mol. The van der Waals surface area contributed by atoms with Crippen molar-refractivity contribution in [3.8, 4) is 11.3 Å². The number of benzene rings is 3. The Morgan fingerprint density at radius 3 is 2.31 bits per heavy atom. The standard InChI is InChI=1S/C27H24FN3O/c1-19-6-2-3-7-22(19)26-18-24(23-8-4-5-9-25(23)29-26)27(32)31-16-14-30(15-17-31)21-12-10-20(28)11-13-21/h2-13,18H,14-17H2,1H3. The molecule has 0 N–H and O–H groups in total. The summed E-state index contributed by atoms with van der Waals surface area (Å²) in [5.41, 5.74) is 5.46. The molecule has 1 aromatic heterocycles. The topological polar surface area (TPSA) is 36.4 Å². The number of aromatic nitrogens is 1. The van der Waals surface area contributed by atoms with Gasteiger partial charge in [-0.05, 0) is 48.9 Å². The number of fused-ring (bicyclic) bond motifs is 1.